The second-order valence-electron chi connectivity index (χ2n) is 13.1. The molecule has 0 fully saturated rings. The Balaban J connectivity index is 1.12. The number of carboxylic acids is 4. The lowest BCUT2D eigenvalue weighted by Gasteiger charge is -2.08. The molecular formula is C50H30O8. The zero-order valence-electron chi connectivity index (χ0n) is 30.4. The molecule has 8 nitrogen and oxygen atoms in total. The summed E-state index contributed by atoms with van der Waals surface area (Å²) in [7, 11) is 0. The van der Waals surface area contributed by atoms with Crippen LogP contribution >= 0.6 is 0 Å². The first kappa shape index (κ1) is 37.8. The molecule has 0 saturated heterocycles. The van der Waals surface area contributed by atoms with Crippen LogP contribution < -0.4 is 0 Å². The van der Waals surface area contributed by atoms with Gasteiger partial charge >= 0.3 is 23.9 Å². The fourth-order valence-electron chi connectivity index (χ4n) is 6.31. The molecule has 0 aromatic heterocycles. The minimum atomic E-state index is -1.11. The van der Waals surface area contributed by atoms with E-state index in [4.69, 9.17) is 0 Å². The van der Waals surface area contributed by atoms with E-state index < -0.39 is 23.9 Å². The molecule has 0 aliphatic carbocycles. The Bertz CT molecular complexity index is 2680. The molecule has 0 radical (unpaired) electrons. The van der Waals surface area contributed by atoms with Crippen molar-refractivity contribution >= 4 is 23.9 Å². The zero-order valence-corrected chi connectivity index (χ0v) is 30.4. The fraction of sp³-hybridized carbons (Fsp3) is 0. The van der Waals surface area contributed by atoms with Gasteiger partial charge in [-0.25, -0.2) is 19.2 Å². The highest BCUT2D eigenvalue weighted by Crippen LogP contribution is 2.30. The molecule has 8 heteroatoms. The van der Waals surface area contributed by atoms with E-state index in [1.165, 1.54) is 12.1 Å². The van der Waals surface area contributed by atoms with E-state index in [1.54, 1.807) is 97.1 Å². The smallest absolute Gasteiger partial charge is 0.336 e. The maximum Gasteiger partial charge on any atom is 0.336 e. The lowest BCUT2D eigenvalue weighted by molar-refractivity contribution is 0.0685. The van der Waals surface area contributed by atoms with Gasteiger partial charge in [-0.2, -0.15) is 0 Å². The van der Waals surface area contributed by atoms with Crippen LogP contribution in [0.1, 0.15) is 63.7 Å². The number of hydrogen-bond donors (Lipinski definition) is 4. The third kappa shape index (κ3) is 8.58. The molecule has 0 unspecified atom stereocenters. The van der Waals surface area contributed by atoms with Crippen molar-refractivity contribution in [2.75, 3.05) is 0 Å². The molecule has 4 N–H and O–H groups in total. The van der Waals surface area contributed by atoms with Gasteiger partial charge in [0.15, 0.2) is 0 Å². The summed E-state index contributed by atoms with van der Waals surface area (Å²) in [5, 5.41) is 38.3. The van der Waals surface area contributed by atoms with Gasteiger partial charge in [0.05, 0.1) is 22.3 Å². The van der Waals surface area contributed by atoms with Gasteiger partial charge in [-0.1, -0.05) is 96.5 Å². The molecule has 58 heavy (non-hydrogen) atoms. The highest BCUT2D eigenvalue weighted by molar-refractivity contribution is 5.93. The second kappa shape index (κ2) is 16.5. The lowest BCUT2D eigenvalue weighted by atomic mass is 9.95. The van der Waals surface area contributed by atoms with E-state index in [1.807, 2.05) is 48.5 Å². The minimum Gasteiger partial charge on any atom is -0.478 e. The molecule has 278 valence electrons. The van der Waals surface area contributed by atoms with Crippen molar-refractivity contribution in [3.05, 3.63) is 202 Å². The average molecular weight is 759 g/mol. The number of aromatic carboxylic acids is 4. The van der Waals surface area contributed by atoms with Gasteiger partial charge in [-0.3, -0.25) is 0 Å². The van der Waals surface area contributed by atoms with Gasteiger partial charge in [0, 0.05) is 22.3 Å². The summed E-state index contributed by atoms with van der Waals surface area (Å²) in [5.74, 6) is 7.89. The van der Waals surface area contributed by atoms with Crippen LogP contribution in [0.25, 0.3) is 44.5 Å². The molecule has 7 aromatic carbocycles. The van der Waals surface area contributed by atoms with Gasteiger partial charge in [-0.15, -0.1) is 0 Å². The van der Waals surface area contributed by atoms with E-state index in [9.17, 15) is 39.6 Å². The molecule has 0 aliphatic heterocycles. The molecule has 7 aromatic rings. The van der Waals surface area contributed by atoms with Gasteiger partial charge in [0.25, 0.3) is 0 Å². The zero-order chi connectivity index (χ0) is 40.8. The fourth-order valence-corrected chi connectivity index (χ4v) is 6.31. The first-order valence-electron chi connectivity index (χ1n) is 17.8. The Labute approximate surface area is 333 Å². The Morgan fingerprint density at radius 3 is 0.948 bits per heavy atom. The van der Waals surface area contributed by atoms with E-state index in [0.717, 1.165) is 44.5 Å². The Morgan fingerprint density at radius 2 is 0.621 bits per heavy atom. The standard InChI is InChI=1S/C50H30O8/c51-47(52)35-19-15-33(16-20-35)37-3-1-5-39(27-37)41-23-25-45(49(55)56)43(29-41)13-11-31-7-9-32(10-8-31)12-14-44-30-42(24-26-46(44)50(57)58)40-6-2-4-38(28-40)34-17-21-36(22-18-34)48(53)54/h1-10,15-30H,(H,51,52)(H,53,54)(H,55,56)(H,57,58). The number of carbonyl (C=O) groups is 4. The van der Waals surface area contributed by atoms with Gasteiger partial charge in [0.1, 0.15) is 0 Å². The summed E-state index contributed by atoms with van der Waals surface area (Å²) < 4.78 is 0. The summed E-state index contributed by atoms with van der Waals surface area (Å²) in [6, 6.07) is 45.4. The van der Waals surface area contributed by atoms with E-state index >= 15 is 0 Å². The average Bonchev–Trinajstić information content (AvgIpc) is 3.25. The third-order valence-corrected chi connectivity index (χ3v) is 9.39. The van der Waals surface area contributed by atoms with E-state index in [0.29, 0.717) is 22.3 Å². The van der Waals surface area contributed by atoms with Crippen molar-refractivity contribution in [1.29, 1.82) is 0 Å². The maximum atomic E-state index is 12.1. The molecule has 0 heterocycles. The summed E-state index contributed by atoms with van der Waals surface area (Å²) in [6.07, 6.45) is 0. The van der Waals surface area contributed by atoms with Crippen LogP contribution in [0.3, 0.4) is 0 Å². The molecule has 0 saturated carbocycles. The number of benzene rings is 7. The summed E-state index contributed by atoms with van der Waals surface area (Å²) in [5.41, 5.74) is 8.96. The van der Waals surface area contributed by atoms with Gasteiger partial charge < -0.3 is 20.4 Å². The number of carboxylic acid groups (broad SMARTS) is 4. The van der Waals surface area contributed by atoms with Crippen LogP contribution in [0.2, 0.25) is 0 Å². The van der Waals surface area contributed by atoms with Crippen molar-refractivity contribution in [3.63, 3.8) is 0 Å². The van der Waals surface area contributed by atoms with E-state index in [-0.39, 0.29) is 22.3 Å². The van der Waals surface area contributed by atoms with Gasteiger partial charge in [-0.05, 0) is 129 Å². The quantitative estimate of drug-likeness (QED) is 0.112. The van der Waals surface area contributed by atoms with Crippen molar-refractivity contribution in [1.82, 2.24) is 0 Å². The molecule has 0 atom stereocenters. The molecule has 0 aliphatic rings. The molecular weight excluding hydrogens is 729 g/mol. The predicted octanol–water partition coefficient (Wildman–Crippen LogP) is 9.95. The molecule has 7 rings (SSSR count). The van der Waals surface area contributed by atoms with Crippen molar-refractivity contribution in [3.8, 4) is 68.2 Å². The summed E-state index contributed by atoms with van der Waals surface area (Å²) in [4.78, 5) is 46.8. The highest BCUT2D eigenvalue weighted by Gasteiger charge is 2.13. The first-order chi connectivity index (χ1) is 28.0. The second-order valence-corrected chi connectivity index (χ2v) is 13.1. The summed E-state index contributed by atoms with van der Waals surface area (Å²) in [6.45, 7) is 0. The monoisotopic (exact) mass is 758 g/mol. The normalized spacial score (nSPS) is 10.3. The number of rotatable bonds is 8. The Hall–Kier alpha value is -8.46. The van der Waals surface area contributed by atoms with E-state index in [2.05, 4.69) is 23.7 Å². The van der Waals surface area contributed by atoms with Crippen LogP contribution in [-0.4, -0.2) is 44.3 Å². The van der Waals surface area contributed by atoms with Crippen LogP contribution in [0, 0.1) is 23.7 Å². The van der Waals surface area contributed by atoms with Crippen molar-refractivity contribution in [2.45, 2.75) is 0 Å². The predicted molar refractivity (Wildman–Crippen MR) is 221 cm³/mol. The lowest BCUT2D eigenvalue weighted by Crippen LogP contribution is -2.00. The maximum absolute atomic E-state index is 12.1. The molecule has 0 spiro atoms. The first-order valence-corrected chi connectivity index (χ1v) is 17.8. The van der Waals surface area contributed by atoms with Gasteiger partial charge in [0.2, 0.25) is 0 Å². The topological polar surface area (TPSA) is 149 Å². The highest BCUT2D eigenvalue weighted by atomic mass is 16.4. The van der Waals surface area contributed by atoms with Crippen LogP contribution in [-0.2, 0) is 0 Å². The molecule has 0 amide bonds. The SMILES string of the molecule is O=C(O)c1ccc(-c2cccc(-c3ccc(C(=O)O)c(C#Cc4ccc(C#Cc5cc(-c6cccc(-c7ccc(C(=O)O)cc7)c6)ccc5C(=O)O)cc4)c3)c2)cc1. The summed E-state index contributed by atoms with van der Waals surface area (Å²) >= 11 is 0. The Kier molecular flexibility index (Phi) is 10.8. The van der Waals surface area contributed by atoms with Crippen LogP contribution in [0.15, 0.2) is 158 Å². The van der Waals surface area contributed by atoms with Crippen molar-refractivity contribution in [2.24, 2.45) is 0 Å². The molecule has 0 bridgehead atoms. The largest absolute Gasteiger partial charge is 0.478 e. The Morgan fingerprint density at radius 1 is 0.310 bits per heavy atom. The number of hydrogen-bond acceptors (Lipinski definition) is 4. The third-order valence-electron chi connectivity index (χ3n) is 9.39. The van der Waals surface area contributed by atoms with Crippen molar-refractivity contribution < 1.29 is 39.6 Å². The minimum absolute atomic E-state index is 0.0525. The van der Waals surface area contributed by atoms with Crippen LogP contribution in [0.5, 0.6) is 0 Å². The van der Waals surface area contributed by atoms with Crippen LogP contribution in [0.4, 0.5) is 0 Å².